The third kappa shape index (κ3) is 4.03. The number of fused-ring (bicyclic) bond motifs is 8. The maximum absolute atomic E-state index is 13.3. The van der Waals surface area contributed by atoms with Crippen LogP contribution in [0.2, 0.25) is 0 Å². The predicted octanol–water partition coefficient (Wildman–Crippen LogP) is 4.17. The average molecular weight is 492 g/mol. The molecule has 0 saturated heterocycles. The first kappa shape index (κ1) is 24.3. The molecule has 1 aliphatic heterocycles. The number of ether oxygens (including phenoxy) is 1. The molecule has 3 aromatic rings. The van der Waals surface area contributed by atoms with Crippen molar-refractivity contribution in [3.05, 3.63) is 46.5 Å². The maximum Gasteiger partial charge on any atom is 0.407 e. The summed E-state index contributed by atoms with van der Waals surface area (Å²) in [7, 11) is 1.54. The van der Waals surface area contributed by atoms with Crippen LogP contribution >= 0.6 is 0 Å². The van der Waals surface area contributed by atoms with Crippen molar-refractivity contribution < 1.29 is 24.2 Å². The molecule has 1 unspecified atom stereocenters. The Morgan fingerprint density at radius 3 is 2.47 bits per heavy atom. The van der Waals surface area contributed by atoms with Crippen molar-refractivity contribution in [2.45, 2.75) is 71.1 Å². The third-order valence-corrected chi connectivity index (χ3v) is 7.14. The molecule has 0 saturated carbocycles. The summed E-state index contributed by atoms with van der Waals surface area (Å²) >= 11 is 0. The molecule has 36 heavy (non-hydrogen) atoms. The smallest absolute Gasteiger partial charge is 0.407 e. The fourth-order valence-corrected chi connectivity index (χ4v) is 5.60. The molecule has 1 atom stereocenters. The number of amides is 3. The van der Waals surface area contributed by atoms with Gasteiger partial charge in [-0.2, -0.15) is 0 Å². The van der Waals surface area contributed by atoms with E-state index in [0.717, 1.165) is 32.9 Å². The lowest BCUT2D eigenvalue weighted by atomic mass is 9.89. The van der Waals surface area contributed by atoms with Gasteiger partial charge in [-0.05, 0) is 70.1 Å². The van der Waals surface area contributed by atoms with Crippen LogP contribution in [0.5, 0.6) is 0 Å². The number of aromatic nitrogens is 1. The number of alkyl carbamates (subject to hydrolysis) is 1. The largest absolute Gasteiger partial charge is 0.444 e. The highest BCUT2D eigenvalue weighted by atomic mass is 16.6. The van der Waals surface area contributed by atoms with Gasteiger partial charge in [-0.15, -0.1) is 0 Å². The van der Waals surface area contributed by atoms with E-state index < -0.39 is 17.8 Å². The van der Waals surface area contributed by atoms with E-state index in [1.807, 2.05) is 45.0 Å². The van der Waals surface area contributed by atoms with E-state index in [4.69, 9.17) is 4.74 Å². The molecule has 0 radical (unpaired) electrons. The van der Waals surface area contributed by atoms with Crippen LogP contribution in [0.4, 0.5) is 4.79 Å². The Balaban J connectivity index is 1.63. The van der Waals surface area contributed by atoms with Crippen LogP contribution in [0.25, 0.3) is 21.8 Å². The van der Waals surface area contributed by atoms with Gasteiger partial charge < -0.3 is 19.7 Å². The molecule has 1 aromatic heterocycles. The van der Waals surface area contributed by atoms with Gasteiger partial charge in [0.25, 0.3) is 11.8 Å². The summed E-state index contributed by atoms with van der Waals surface area (Å²) in [5.74, 6) is -0.537. The number of aliphatic hydroxyl groups is 1. The minimum atomic E-state index is -0.559. The van der Waals surface area contributed by atoms with Crippen molar-refractivity contribution in [3.63, 3.8) is 0 Å². The summed E-state index contributed by atoms with van der Waals surface area (Å²) in [5, 5.41) is 15.0. The van der Waals surface area contributed by atoms with E-state index in [0.29, 0.717) is 56.3 Å². The van der Waals surface area contributed by atoms with Gasteiger partial charge in [0.15, 0.2) is 0 Å². The molecule has 2 heterocycles. The van der Waals surface area contributed by atoms with Gasteiger partial charge in [-0.3, -0.25) is 14.5 Å². The van der Waals surface area contributed by atoms with Crippen LogP contribution in [0, 0.1) is 0 Å². The lowest BCUT2D eigenvalue weighted by Crippen LogP contribution is -2.33. The Kier molecular flexibility index (Phi) is 6.03. The predicted molar refractivity (Wildman–Crippen MR) is 137 cm³/mol. The van der Waals surface area contributed by atoms with Gasteiger partial charge in [0, 0.05) is 36.4 Å². The SMILES string of the molecule is CN1C(=O)c2c3c(c4c(c2C1=O)c1ccccc1n4CCCNC(=O)OC(C)(C)C)CCC(O)CC3. The normalized spacial score (nSPS) is 17.9. The van der Waals surface area contributed by atoms with Gasteiger partial charge in [0.05, 0.1) is 22.7 Å². The van der Waals surface area contributed by atoms with Crippen molar-refractivity contribution in [1.29, 1.82) is 0 Å². The van der Waals surface area contributed by atoms with E-state index in [9.17, 15) is 19.5 Å². The first-order valence-corrected chi connectivity index (χ1v) is 12.6. The maximum atomic E-state index is 13.3. The second-order valence-electron chi connectivity index (χ2n) is 10.8. The highest BCUT2D eigenvalue weighted by molar-refractivity contribution is 6.31. The quantitative estimate of drug-likeness (QED) is 0.324. The molecule has 2 aromatic carbocycles. The summed E-state index contributed by atoms with van der Waals surface area (Å²) in [6.45, 7) is 6.54. The molecule has 0 spiro atoms. The summed E-state index contributed by atoms with van der Waals surface area (Å²) in [6, 6.07) is 7.95. The monoisotopic (exact) mass is 491 g/mol. The van der Waals surface area contributed by atoms with Crippen LogP contribution in [0.3, 0.4) is 0 Å². The van der Waals surface area contributed by atoms with Crippen molar-refractivity contribution >= 4 is 39.7 Å². The number of nitrogens with zero attached hydrogens (tertiary/aromatic N) is 2. The van der Waals surface area contributed by atoms with Crippen molar-refractivity contribution in [2.75, 3.05) is 13.6 Å². The van der Waals surface area contributed by atoms with E-state index in [1.165, 1.54) is 11.9 Å². The van der Waals surface area contributed by atoms with Crippen molar-refractivity contribution in [1.82, 2.24) is 14.8 Å². The van der Waals surface area contributed by atoms with Gasteiger partial charge >= 0.3 is 6.09 Å². The molecule has 2 N–H and O–H groups in total. The topological polar surface area (TPSA) is 101 Å². The number of imide groups is 1. The summed E-state index contributed by atoms with van der Waals surface area (Å²) in [5.41, 5.74) is 4.33. The van der Waals surface area contributed by atoms with Crippen LogP contribution < -0.4 is 5.32 Å². The second-order valence-corrected chi connectivity index (χ2v) is 10.8. The number of nitrogens with one attached hydrogen (secondary N) is 1. The van der Waals surface area contributed by atoms with Crippen molar-refractivity contribution in [3.8, 4) is 0 Å². The van der Waals surface area contributed by atoms with Gasteiger partial charge in [0.1, 0.15) is 5.60 Å². The van der Waals surface area contributed by atoms with E-state index in [2.05, 4.69) is 9.88 Å². The van der Waals surface area contributed by atoms with Crippen LogP contribution in [-0.4, -0.2) is 57.8 Å². The zero-order valence-corrected chi connectivity index (χ0v) is 21.3. The number of benzene rings is 2. The number of carbonyl (C=O) groups is 3. The first-order chi connectivity index (χ1) is 17.1. The van der Waals surface area contributed by atoms with Crippen LogP contribution in [0.1, 0.15) is 71.9 Å². The lowest BCUT2D eigenvalue weighted by Gasteiger charge is -2.20. The molecule has 8 heteroatoms. The van der Waals surface area contributed by atoms with Gasteiger partial charge in [-0.1, -0.05) is 18.2 Å². The fraction of sp³-hybridized carbons (Fsp3) is 0.464. The zero-order chi connectivity index (χ0) is 25.8. The van der Waals surface area contributed by atoms with E-state index in [-0.39, 0.29) is 11.8 Å². The Labute approximate surface area is 210 Å². The highest BCUT2D eigenvalue weighted by Crippen LogP contribution is 2.43. The molecular weight excluding hydrogens is 458 g/mol. The van der Waals surface area contributed by atoms with Crippen molar-refractivity contribution in [2.24, 2.45) is 0 Å². The molecule has 0 bridgehead atoms. The molecule has 8 nitrogen and oxygen atoms in total. The minimum Gasteiger partial charge on any atom is -0.444 e. The van der Waals surface area contributed by atoms with Crippen LogP contribution in [-0.2, 0) is 24.1 Å². The van der Waals surface area contributed by atoms with E-state index >= 15 is 0 Å². The Bertz CT molecular complexity index is 1400. The Morgan fingerprint density at radius 2 is 1.75 bits per heavy atom. The Hall–Kier alpha value is -3.39. The standard InChI is InChI=1S/C28H33N3O5/c1-28(2,3)36-27(35)29-14-7-15-31-20-9-6-5-8-19(20)21-23-22(25(33)30(4)26(23)34)17-12-10-16(32)11-13-18(17)24(21)31/h5-6,8-9,16,32H,7,10-15H2,1-4H3,(H,29,35). The molecule has 1 aliphatic carbocycles. The Morgan fingerprint density at radius 1 is 1.08 bits per heavy atom. The minimum absolute atomic E-state index is 0.261. The van der Waals surface area contributed by atoms with E-state index in [1.54, 1.807) is 0 Å². The first-order valence-electron chi connectivity index (χ1n) is 12.6. The number of para-hydroxylation sites is 1. The molecule has 3 amide bonds. The van der Waals surface area contributed by atoms with Gasteiger partial charge in [0.2, 0.25) is 0 Å². The molecular formula is C28H33N3O5. The average Bonchev–Trinajstić information content (AvgIpc) is 3.15. The van der Waals surface area contributed by atoms with Crippen LogP contribution in [0.15, 0.2) is 24.3 Å². The lowest BCUT2D eigenvalue weighted by molar-refractivity contribution is 0.0525. The fourth-order valence-electron chi connectivity index (χ4n) is 5.60. The second kappa shape index (κ2) is 8.92. The highest BCUT2D eigenvalue weighted by Gasteiger charge is 2.40. The zero-order valence-electron chi connectivity index (χ0n) is 21.3. The number of aliphatic hydroxyl groups excluding tert-OH is 1. The number of carbonyl (C=O) groups excluding carboxylic acids is 3. The molecule has 190 valence electrons. The van der Waals surface area contributed by atoms with Gasteiger partial charge in [-0.25, -0.2) is 4.79 Å². The summed E-state index contributed by atoms with van der Waals surface area (Å²) in [4.78, 5) is 39.9. The molecule has 5 rings (SSSR count). The number of aryl methyl sites for hydroxylation is 2. The number of rotatable bonds is 4. The summed E-state index contributed by atoms with van der Waals surface area (Å²) < 4.78 is 7.56. The number of hydrogen-bond acceptors (Lipinski definition) is 5. The third-order valence-electron chi connectivity index (χ3n) is 7.14. The molecule has 0 fully saturated rings. The molecule has 2 aliphatic rings. The number of hydrogen-bond donors (Lipinski definition) is 2. The summed E-state index contributed by atoms with van der Waals surface area (Å²) in [6.07, 6.45) is 2.15.